The van der Waals surface area contributed by atoms with Crippen molar-refractivity contribution in [2.75, 3.05) is 39.6 Å². The highest BCUT2D eigenvalue weighted by Gasteiger charge is 2.30. The molecule has 0 saturated heterocycles. The number of allylic oxidation sites excluding steroid dienone is 22. The van der Waals surface area contributed by atoms with Crippen molar-refractivity contribution in [3.8, 4) is 0 Å². The lowest BCUT2D eigenvalue weighted by atomic mass is 10.1. The summed E-state index contributed by atoms with van der Waals surface area (Å²) in [6.07, 6.45) is 83.0. The summed E-state index contributed by atoms with van der Waals surface area (Å²) in [5.74, 6) is -2.30. The predicted octanol–water partition coefficient (Wildman–Crippen LogP) is 22.9. The fourth-order valence-corrected chi connectivity index (χ4v) is 11.6. The van der Waals surface area contributed by atoms with Crippen LogP contribution in [0, 0.1) is 0 Å². The number of unbranched alkanes of at least 4 members (excludes halogenated alkanes) is 25. The maximum Gasteiger partial charge on any atom is 0.472 e. The van der Waals surface area contributed by atoms with Gasteiger partial charge in [0.1, 0.15) is 19.3 Å². The van der Waals surface area contributed by atoms with Gasteiger partial charge in [-0.1, -0.05) is 258 Å². The lowest BCUT2D eigenvalue weighted by Gasteiger charge is -2.21. The molecule has 0 radical (unpaired) electrons. The van der Waals surface area contributed by atoms with Crippen LogP contribution in [0.25, 0.3) is 0 Å². The molecule has 0 heterocycles. The second-order valence-electron chi connectivity index (χ2n) is 25.9. The van der Waals surface area contributed by atoms with Gasteiger partial charge < -0.3 is 33.8 Å². The van der Waals surface area contributed by atoms with E-state index in [1.54, 1.807) is 0 Å². The van der Waals surface area contributed by atoms with Gasteiger partial charge in [-0.2, -0.15) is 0 Å². The van der Waals surface area contributed by atoms with Crippen molar-refractivity contribution in [3.05, 3.63) is 134 Å². The Morgan fingerprint density at radius 2 is 0.520 bits per heavy atom. The van der Waals surface area contributed by atoms with Crippen LogP contribution in [0.15, 0.2) is 134 Å². The van der Waals surface area contributed by atoms with Crippen molar-refractivity contribution in [1.82, 2.24) is 0 Å². The summed E-state index contributed by atoms with van der Waals surface area (Å²) in [7, 11) is -9.99. The third kappa shape index (κ3) is 73.5. The Labute approximate surface area is 618 Å². The quantitative estimate of drug-likeness (QED) is 0.0169. The predicted molar refractivity (Wildman–Crippen MR) is 418 cm³/mol. The molecule has 0 aromatic heterocycles. The highest BCUT2D eigenvalue weighted by molar-refractivity contribution is 7.47. The molecule has 0 fully saturated rings. The Hall–Kier alpha value is -4.80. The standard InChI is InChI=1S/C83H140O17P2/c1-5-9-13-17-21-25-29-33-35-37-38-40-42-46-48-52-56-60-64-68-81(86)94-74-79(100-83(88)70-66-62-58-54-50-44-32-28-24-20-16-12-8-4)76-98-102(91,92)96-72-77(84)71-95-101(89,90)97-75-78(99-82(87)69-65-61-57-53-49-43-31-27-23-19-15-11-7-3)73-93-80(85)67-63-59-55-51-47-45-41-39-36-34-30-26-22-18-14-10-6-2/h9,13,21-22,25-28,31-36,38,40-41,45-46,48,51,55,77-79,84H,5-8,10-12,14-20,23-24,29-30,37,39,42-44,47,49-50,52-54,56-76H2,1-4H3,(H,89,90)(H,91,92)/b13-9-,25-21-,26-22-,31-27-,32-28-,35-33-,36-34-,40-38-,45-41-,48-46-,55-51-/t77-,78+,79+/m0/s1. The summed E-state index contributed by atoms with van der Waals surface area (Å²) < 4.78 is 68.4. The first kappa shape index (κ1) is 97.2. The molecule has 0 amide bonds. The highest BCUT2D eigenvalue weighted by atomic mass is 31.2. The van der Waals surface area contributed by atoms with Crippen LogP contribution in [0.1, 0.15) is 310 Å². The number of ether oxygens (including phenoxy) is 4. The Morgan fingerprint density at radius 3 is 0.863 bits per heavy atom. The molecule has 3 N–H and O–H groups in total. The fourth-order valence-electron chi connectivity index (χ4n) is 10.1. The molecule has 17 nitrogen and oxygen atoms in total. The lowest BCUT2D eigenvalue weighted by Crippen LogP contribution is -2.30. The molecular formula is C83H140O17P2. The van der Waals surface area contributed by atoms with Crippen LogP contribution >= 0.6 is 15.6 Å². The van der Waals surface area contributed by atoms with Gasteiger partial charge in [0.05, 0.1) is 26.4 Å². The Balaban J connectivity index is 5.42. The molecule has 0 aromatic carbocycles. The van der Waals surface area contributed by atoms with Gasteiger partial charge in [0, 0.05) is 25.7 Å². The normalized spacial score (nSPS) is 14.6. The average molecular weight is 1470 g/mol. The second kappa shape index (κ2) is 74.5. The van der Waals surface area contributed by atoms with Crippen LogP contribution in [-0.4, -0.2) is 96.7 Å². The molecule has 0 aliphatic heterocycles. The topological polar surface area (TPSA) is 237 Å². The maximum absolute atomic E-state index is 13.1. The van der Waals surface area contributed by atoms with Crippen LogP contribution in [0.5, 0.6) is 0 Å². The van der Waals surface area contributed by atoms with Crippen molar-refractivity contribution < 1.29 is 80.2 Å². The number of phosphoric ester groups is 2. The van der Waals surface area contributed by atoms with Crippen molar-refractivity contribution in [2.24, 2.45) is 0 Å². The highest BCUT2D eigenvalue weighted by Crippen LogP contribution is 2.45. The summed E-state index contributed by atoms with van der Waals surface area (Å²) >= 11 is 0. The molecule has 584 valence electrons. The summed E-state index contributed by atoms with van der Waals surface area (Å²) in [5.41, 5.74) is 0. The Morgan fingerprint density at radius 1 is 0.284 bits per heavy atom. The number of rotatable bonds is 73. The Bertz CT molecular complexity index is 2460. The zero-order chi connectivity index (χ0) is 74.6. The summed E-state index contributed by atoms with van der Waals surface area (Å²) in [4.78, 5) is 72.9. The first-order valence-electron chi connectivity index (χ1n) is 39.4. The minimum Gasteiger partial charge on any atom is -0.462 e. The molecule has 5 atom stereocenters. The number of aliphatic hydroxyl groups is 1. The SMILES string of the molecule is CC/C=C\C/C=C\C/C=C\C/C=C\C/C=C\CCCCCC(=O)OC[C@H](COP(=O)(O)OC[C@@H](O)COP(=O)(O)OC[C@@H](COC(=O)CCC/C=C\C/C=C\C/C=C\C/C=C\CCCCC)OC(=O)CCCCCCC/C=C\CCCCCC)OC(=O)CCCCCCC/C=C\CCCCCC. The minimum absolute atomic E-state index is 0.0702. The number of esters is 4. The third-order valence-electron chi connectivity index (χ3n) is 16.1. The van der Waals surface area contributed by atoms with E-state index >= 15 is 0 Å². The molecule has 0 aliphatic carbocycles. The zero-order valence-electron chi connectivity index (χ0n) is 63.7. The molecular weight excluding hydrogens is 1330 g/mol. The van der Waals surface area contributed by atoms with E-state index in [1.165, 1.54) is 70.6 Å². The Kier molecular flexibility index (Phi) is 71.0. The van der Waals surface area contributed by atoms with E-state index < -0.39 is 97.5 Å². The van der Waals surface area contributed by atoms with Gasteiger partial charge in [-0.3, -0.25) is 37.3 Å². The summed E-state index contributed by atoms with van der Waals surface area (Å²) in [6.45, 7) is 4.58. The fraction of sp³-hybridized carbons (Fsp3) is 0.687. The molecule has 2 unspecified atom stereocenters. The average Bonchev–Trinajstić information content (AvgIpc) is 0.909. The van der Waals surface area contributed by atoms with E-state index in [0.29, 0.717) is 32.1 Å². The first-order valence-corrected chi connectivity index (χ1v) is 42.4. The number of aliphatic hydroxyl groups excluding tert-OH is 1. The molecule has 0 rings (SSSR count). The van der Waals surface area contributed by atoms with E-state index in [4.69, 9.17) is 37.0 Å². The van der Waals surface area contributed by atoms with Gasteiger partial charge in [0.25, 0.3) is 0 Å². The van der Waals surface area contributed by atoms with Gasteiger partial charge >= 0.3 is 39.5 Å². The number of hydrogen-bond acceptors (Lipinski definition) is 15. The van der Waals surface area contributed by atoms with E-state index in [2.05, 4.69) is 149 Å². The van der Waals surface area contributed by atoms with E-state index in [0.717, 1.165) is 154 Å². The van der Waals surface area contributed by atoms with Gasteiger partial charge in [0.2, 0.25) is 0 Å². The van der Waals surface area contributed by atoms with E-state index in [9.17, 15) is 43.2 Å². The largest absolute Gasteiger partial charge is 0.472 e. The van der Waals surface area contributed by atoms with Crippen molar-refractivity contribution in [1.29, 1.82) is 0 Å². The van der Waals surface area contributed by atoms with E-state index in [1.807, 2.05) is 12.2 Å². The molecule has 0 spiro atoms. The van der Waals surface area contributed by atoms with E-state index in [-0.39, 0.29) is 25.7 Å². The van der Waals surface area contributed by atoms with Crippen molar-refractivity contribution in [3.63, 3.8) is 0 Å². The third-order valence-corrected chi connectivity index (χ3v) is 18.0. The number of carbonyl (C=O) groups excluding carboxylic acids is 4. The minimum atomic E-state index is -4.99. The van der Waals surface area contributed by atoms with Gasteiger partial charge in [-0.15, -0.1) is 0 Å². The molecule has 102 heavy (non-hydrogen) atoms. The summed E-state index contributed by atoms with van der Waals surface area (Å²) in [5, 5.41) is 10.6. The zero-order valence-corrected chi connectivity index (χ0v) is 65.5. The number of phosphoric acid groups is 2. The summed E-state index contributed by atoms with van der Waals surface area (Å²) in [6, 6.07) is 0. The lowest BCUT2D eigenvalue weighted by molar-refractivity contribution is -0.161. The smallest absolute Gasteiger partial charge is 0.462 e. The van der Waals surface area contributed by atoms with Gasteiger partial charge in [-0.05, 0) is 161 Å². The molecule has 19 heteroatoms. The van der Waals surface area contributed by atoms with Crippen LogP contribution in [-0.2, 0) is 65.4 Å². The van der Waals surface area contributed by atoms with Crippen molar-refractivity contribution in [2.45, 2.75) is 329 Å². The van der Waals surface area contributed by atoms with Crippen LogP contribution in [0.4, 0.5) is 0 Å². The van der Waals surface area contributed by atoms with Gasteiger partial charge in [-0.25, -0.2) is 9.13 Å². The first-order chi connectivity index (χ1) is 49.7. The van der Waals surface area contributed by atoms with Crippen LogP contribution in [0.2, 0.25) is 0 Å². The monoisotopic (exact) mass is 1470 g/mol. The molecule has 0 saturated carbocycles. The molecule has 0 aromatic rings. The van der Waals surface area contributed by atoms with Gasteiger partial charge in [0.15, 0.2) is 12.2 Å². The van der Waals surface area contributed by atoms with Crippen LogP contribution < -0.4 is 0 Å². The number of hydrogen-bond donors (Lipinski definition) is 3. The van der Waals surface area contributed by atoms with Crippen molar-refractivity contribution >= 4 is 39.5 Å². The number of carbonyl (C=O) groups is 4. The molecule has 0 bridgehead atoms. The van der Waals surface area contributed by atoms with Crippen LogP contribution in [0.3, 0.4) is 0 Å². The molecule has 0 aliphatic rings. The maximum atomic E-state index is 13.1. The second-order valence-corrected chi connectivity index (χ2v) is 28.8.